The molecule has 8 heteroatoms. The van der Waals surface area contributed by atoms with Crippen molar-refractivity contribution < 1.29 is 19.4 Å². The Morgan fingerprint density at radius 1 is 1.24 bits per heavy atom. The SMILES string of the molecule is CCc1ccc(N2C(=O)/C(=C/c3ccc(O)c(I)c3)N(CC(=O)OC)C2=S)cc1. The number of hydrogen-bond acceptors (Lipinski definition) is 5. The van der Waals surface area contributed by atoms with E-state index in [4.69, 9.17) is 17.0 Å². The van der Waals surface area contributed by atoms with E-state index >= 15 is 0 Å². The third-order valence-electron chi connectivity index (χ3n) is 4.53. The molecule has 6 nitrogen and oxygen atoms in total. The number of phenolic OH excluding ortho intramolecular Hbond substituents is 1. The third kappa shape index (κ3) is 4.43. The summed E-state index contributed by atoms with van der Waals surface area (Å²) >= 11 is 7.54. The summed E-state index contributed by atoms with van der Waals surface area (Å²) in [4.78, 5) is 28.0. The van der Waals surface area contributed by atoms with Gasteiger partial charge in [0.25, 0.3) is 5.91 Å². The average molecular weight is 522 g/mol. The molecular formula is C21H19IN2O4S. The number of aromatic hydroxyl groups is 1. The highest BCUT2D eigenvalue weighted by molar-refractivity contribution is 14.1. The van der Waals surface area contributed by atoms with E-state index in [0.29, 0.717) is 14.8 Å². The molecule has 1 heterocycles. The lowest BCUT2D eigenvalue weighted by atomic mass is 10.1. The van der Waals surface area contributed by atoms with Gasteiger partial charge in [0.15, 0.2) is 5.11 Å². The summed E-state index contributed by atoms with van der Waals surface area (Å²) in [7, 11) is 1.29. The van der Waals surface area contributed by atoms with Gasteiger partial charge in [0.1, 0.15) is 18.0 Å². The zero-order chi connectivity index (χ0) is 21.1. The normalized spacial score (nSPS) is 15.3. The molecule has 2 aromatic rings. The first-order valence-electron chi connectivity index (χ1n) is 8.87. The Hall–Kier alpha value is -2.46. The van der Waals surface area contributed by atoms with Crippen LogP contribution in [0.2, 0.25) is 0 Å². The minimum absolute atomic E-state index is 0.157. The second-order valence-corrected chi connectivity index (χ2v) is 7.87. The molecule has 2 aromatic carbocycles. The van der Waals surface area contributed by atoms with Crippen molar-refractivity contribution in [2.24, 2.45) is 0 Å². The number of halogens is 1. The average Bonchev–Trinajstić information content (AvgIpc) is 2.94. The zero-order valence-electron chi connectivity index (χ0n) is 15.9. The van der Waals surface area contributed by atoms with Gasteiger partial charge in [0.2, 0.25) is 0 Å². The summed E-state index contributed by atoms with van der Waals surface area (Å²) in [6, 6.07) is 12.6. The molecule has 1 aliphatic rings. The van der Waals surface area contributed by atoms with Gasteiger partial charge in [-0.1, -0.05) is 25.1 Å². The van der Waals surface area contributed by atoms with Crippen molar-refractivity contribution in [3.05, 3.63) is 62.9 Å². The van der Waals surface area contributed by atoms with Crippen molar-refractivity contribution in [3.8, 4) is 5.75 Å². The first-order chi connectivity index (χ1) is 13.8. The van der Waals surface area contributed by atoms with Crippen molar-refractivity contribution in [1.82, 2.24) is 4.90 Å². The second kappa shape index (κ2) is 8.91. The Kier molecular flexibility index (Phi) is 6.53. The van der Waals surface area contributed by atoms with E-state index in [1.165, 1.54) is 16.9 Å². The van der Waals surface area contributed by atoms with E-state index in [-0.39, 0.29) is 29.0 Å². The van der Waals surface area contributed by atoms with Crippen LogP contribution in [0.4, 0.5) is 5.69 Å². The number of esters is 1. The van der Waals surface area contributed by atoms with Crippen LogP contribution in [0.25, 0.3) is 6.08 Å². The highest BCUT2D eigenvalue weighted by Gasteiger charge is 2.40. The third-order valence-corrected chi connectivity index (χ3v) is 5.79. The second-order valence-electron chi connectivity index (χ2n) is 6.35. The van der Waals surface area contributed by atoms with Crippen molar-refractivity contribution in [3.63, 3.8) is 0 Å². The molecule has 1 N–H and O–H groups in total. The molecule has 0 atom stereocenters. The Labute approximate surface area is 187 Å². The Morgan fingerprint density at radius 2 is 1.93 bits per heavy atom. The van der Waals surface area contributed by atoms with Crippen molar-refractivity contribution in [2.45, 2.75) is 13.3 Å². The molecule has 1 aliphatic heterocycles. The van der Waals surface area contributed by atoms with Crippen LogP contribution in [0.1, 0.15) is 18.1 Å². The van der Waals surface area contributed by atoms with Crippen LogP contribution in [0.15, 0.2) is 48.2 Å². The molecule has 0 radical (unpaired) electrons. The maximum absolute atomic E-state index is 13.2. The van der Waals surface area contributed by atoms with Crippen molar-refractivity contribution >= 4 is 63.6 Å². The highest BCUT2D eigenvalue weighted by atomic mass is 127. The molecule has 0 aliphatic carbocycles. The molecule has 0 aromatic heterocycles. The quantitative estimate of drug-likeness (QED) is 0.280. The molecular weight excluding hydrogens is 503 g/mol. The van der Waals surface area contributed by atoms with Crippen LogP contribution in [-0.4, -0.2) is 40.6 Å². The molecule has 0 bridgehead atoms. The first kappa shape index (κ1) is 21.3. The maximum Gasteiger partial charge on any atom is 0.325 e. The van der Waals surface area contributed by atoms with Crippen LogP contribution in [0.3, 0.4) is 0 Å². The standard InChI is InChI=1S/C21H19IN2O4S/c1-3-13-4-7-15(8-5-13)24-20(27)17(23(21(24)29)12-19(26)28-2)11-14-6-9-18(25)16(22)10-14/h4-11,25H,3,12H2,1-2H3/b17-11-. The van der Waals surface area contributed by atoms with Gasteiger partial charge in [-0.25, -0.2) is 0 Å². The van der Waals surface area contributed by atoms with E-state index in [0.717, 1.165) is 12.0 Å². The summed E-state index contributed by atoms with van der Waals surface area (Å²) in [5.74, 6) is -0.675. The molecule has 1 amide bonds. The van der Waals surface area contributed by atoms with E-state index in [9.17, 15) is 14.7 Å². The van der Waals surface area contributed by atoms with E-state index < -0.39 is 5.97 Å². The molecule has 1 fully saturated rings. The Balaban J connectivity index is 2.04. The minimum atomic E-state index is -0.505. The summed E-state index contributed by atoms with van der Waals surface area (Å²) in [6.45, 7) is 1.88. The van der Waals surface area contributed by atoms with Gasteiger partial charge in [-0.05, 0) is 82.7 Å². The lowest BCUT2D eigenvalue weighted by Gasteiger charge is -2.19. The van der Waals surface area contributed by atoms with Crippen LogP contribution < -0.4 is 4.90 Å². The van der Waals surface area contributed by atoms with Gasteiger partial charge in [0, 0.05) is 0 Å². The molecule has 3 rings (SSSR count). The number of phenols is 1. The predicted octanol–water partition coefficient (Wildman–Crippen LogP) is 3.71. The van der Waals surface area contributed by atoms with Crippen LogP contribution in [-0.2, 0) is 20.7 Å². The van der Waals surface area contributed by atoms with Gasteiger partial charge in [-0.15, -0.1) is 0 Å². The van der Waals surface area contributed by atoms with Gasteiger partial charge >= 0.3 is 5.97 Å². The zero-order valence-corrected chi connectivity index (χ0v) is 18.9. The number of nitrogens with zero attached hydrogens (tertiary/aromatic N) is 2. The van der Waals surface area contributed by atoms with E-state index in [1.807, 2.05) is 46.9 Å². The smallest absolute Gasteiger partial charge is 0.325 e. The number of carbonyl (C=O) groups excluding carboxylic acids is 2. The van der Waals surface area contributed by atoms with E-state index in [2.05, 4.69) is 6.92 Å². The lowest BCUT2D eigenvalue weighted by molar-refractivity contribution is -0.140. The number of amides is 1. The first-order valence-corrected chi connectivity index (χ1v) is 10.4. The summed E-state index contributed by atoms with van der Waals surface area (Å²) in [5, 5.41) is 9.95. The lowest BCUT2D eigenvalue weighted by Crippen LogP contribution is -2.35. The number of thiocarbonyl (C=S) groups is 1. The Bertz CT molecular complexity index is 1000. The fourth-order valence-corrected chi connectivity index (χ4v) is 3.80. The van der Waals surface area contributed by atoms with E-state index in [1.54, 1.807) is 24.3 Å². The van der Waals surface area contributed by atoms with Gasteiger partial charge < -0.3 is 14.7 Å². The number of ether oxygens (including phenoxy) is 1. The van der Waals surface area contributed by atoms with Gasteiger partial charge in [-0.2, -0.15) is 0 Å². The fraction of sp³-hybridized carbons (Fsp3) is 0.190. The van der Waals surface area contributed by atoms with Crippen molar-refractivity contribution in [2.75, 3.05) is 18.6 Å². The number of benzene rings is 2. The topological polar surface area (TPSA) is 70.1 Å². The Morgan fingerprint density at radius 3 is 2.52 bits per heavy atom. The van der Waals surface area contributed by atoms with Crippen LogP contribution in [0.5, 0.6) is 5.75 Å². The van der Waals surface area contributed by atoms with Crippen LogP contribution in [0, 0.1) is 3.57 Å². The monoisotopic (exact) mass is 522 g/mol. The molecule has 0 unspecified atom stereocenters. The van der Waals surface area contributed by atoms with Crippen molar-refractivity contribution in [1.29, 1.82) is 0 Å². The molecule has 29 heavy (non-hydrogen) atoms. The number of rotatable bonds is 5. The number of hydrogen-bond donors (Lipinski definition) is 1. The maximum atomic E-state index is 13.2. The summed E-state index contributed by atoms with van der Waals surface area (Å²) in [6.07, 6.45) is 2.54. The highest BCUT2D eigenvalue weighted by Crippen LogP contribution is 2.30. The molecule has 1 saturated heterocycles. The van der Waals surface area contributed by atoms with Crippen LogP contribution >= 0.6 is 34.8 Å². The molecule has 0 spiro atoms. The largest absolute Gasteiger partial charge is 0.507 e. The number of carbonyl (C=O) groups is 2. The summed E-state index contributed by atoms with van der Waals surface area (Å²) < 4.78 is 5.42. The molecule has 0 saturated carbocycles. The number of aryl methyl sites for hydroxylation is 1. The van der Waals surface area contributed by atoms with Gasteiger partial charge in [0.05, 0.1) is 16.4 Å². The minimum Gasteiger partial charge on any atom is -0.507 e. The fourth-order valence-electron chi connectivity index (χ4n) is 2.91. The molecule has 150 valence electrons. The number of anilines is 1. The number of methoxy groups -OCH3 is 1. The predicted molar refractivity (Wildman–Crippen MR) is 123 cm³/mol. The van der Waals surface area contributed by atoms with Gasteiger partial charge in [-0.3, -0.25) is 14.5 Å². The summed E-state index contributed by atoms with van der Waals surface area (Å²) in [5.41, 5.74) is 2.75.